The molecule has 0 aliphatic rings. The molecule has 0 atom stereocenters. The highest BCUT2D eigenvalue weighted by molar-refractivity contribution is 6.04. The third-order valence-electron chi connectivity index (χ3n) is 3.03. The fourth-order valence-electron chi connectivity index (χ4n) is 1.86. The van der Waals surface area contributed by atoms with Gasteiger partial charge in [0, 0.05) is 37.1 Å². The van der Waals surface area contributed by atoms with Crippen molar-refractivity contribution in [1.29, 1.82) is 0 Å². The lowest BCUT2D eigenvalue weighted by atomic mass is 10.1. The van der Waals surface area contributed by atoms with E-state index in [1.165, 1.54) is 6.07 Å². The van der Waals surface area contributed by atoms with Crippen LogP contribution in [-0.4, -0.2) is 24.9 Å². The summed E-state index contributed by atoms with van der Waals surface area (Å²) in [5, 5.41) is 13.2. The summed E-state index contributed by atoms with van der Waals surface area (Å²) in [6.07, 6.45) is 0. The molecule has 0 radical (unpaired) electrons. The van der Waals surface area contributed by atoms with E-state index in [-0.39, 0.29) is 5.69 Å². The zero-order valence-electron chi connectivity index (χ0n) is 12.0. The van der Waals surface area contributed by atoms with E-state index in [4.69, 9.17) is 0 Å². The molecular weight excluding hydrogens is 289 g/mol. The molecule has 0 aliphatic heterocycles. The Kier molecular flexibility index (Phi) is 4.36. The van der Waals surface area contributed by atoms with Gasteiger partial charge in [-0.1, -0.05) is 6.07 Å². The van der Waals surface area contributed by atoms with Gasteiger partial charge in [0.15, 0.2) is 0 Å². The molecule has 0 fully saturated rings. The van der Waals surface area contributed by atoms with Gasteiger partial charge in [0.1, 0.15) is 0 Å². The van der Waals surface area contributed by atoms with Crippen LogP contribution in [0, 0.1) is 15.9 Å². The smallest absolute Gasteiger partial charge is 0.306 e. The molecule has 6 nitrogen and oxygen atoms in total. The largest absolute Gasteiger partial charge is 0.378 e. The molecule has 7 heteroatoms. The molecule has 2 aromatic rings. The fraction of sp³-hybridized carbons (Fsp3) is 0.133. The highest BCUT2D eigenvalue weighted by Gasteiger charge is 2.16. The summed E-state index contributed by atoms with van der Waals surface area (Å²) in [5.74, 6) is -1.37. The van der Waals surface area contributed by atoms with Crippen LogP contribution in [0.15, 0.2) is 42.5 Å². The van der Waals surface area contributed by atoms with Crippen molar-refractivity contribution in [3.63, 3.8) is 0 Å². The van der Waals surface area contributed by atoms with Gasteiger partial charge in [0.25, 0.3) is 5.91 Å². The van der Waals surface area contributed by atoms with E-state index < -0.39 is 22.3 Å². The minimum absolute atomic E-state index is 0.161. The Hall–Kier alpha value is -2.96. The van der Waals surface area contributed by atoms with E-state index in [1.54, 1.807) is 18.2 Å². The van der Waals surface area contributed by atoms with Gasteiger partial charge in [-0.25, -0.2) is 0 Å². The molecule has 0 saturated heterocycles. The molecule has 114 valence electrons. The van der Waals surface area contributed by atoms with E-state index in [0.717, 1.165) is 17.8 Å². The Labute approximate surface area is 126 Å². The minimum atomic E-state index is -0.947. The van der Waals surface area contributed by atoms with Crippen LogP contribution in [0.1, 0.15) is 10.4 Å². The maximum absolute atomic E-state index is 13.3. The Morgan fingerprint density at radius 2 is 1.95 bits per heavy atom. The first-order chi connectivity index (χ1) is 10.4. The van der Waals surface area contributed by atoms with Crippen molar-refractivity contribution in [2.75, 3.05) is 24.3 Å². The Morgan fingerprint density at radius 1 is 1.23 bits per heavy atom. The second-order valence-corrected chi connectivity index (χ2v) is 4.82. The molecule has 0 aliphatic carbocycles. The number of amides is 1. The van der Waals surface area contributed by atoms with Crippen LogP contribution in [0.3, 0.4) is 0 Å². The van der Waals surface area contributed by atoms with E-state index in [1.807, 2.05) is 25.1 Å². The number of halogens is 1. The number of nitrogens with one attached hydrogen (secondary N) is 1. The van der Waals surface area contributed by atoms with Gasteiger partial charge in [-0.2, -0.15) is 4.39 Å². The number of nitro groups is 1. The molecule has 22 heavy (non-hydrogen) atoms. The number of nitrogens with zero attached hydrogens (tertiary/aromatic N) is 2. The van der Waals surface area contributed by atoms with Gasteiger partial charge >= 0.3 is 5.69 Å². The van der Waals surface area contributed by atoms with Crippen LogP contribution >= 0.6 is 0 Å². The summed E-state index contributed by atoms with van der Waals surface area (Å²) in [6.45, 7) is 0. The quantitative estimate of drug-likeness (QED) is 0.695. The van der Waals surface area contributed by atoms with Crippen molar-refractivity contribution in [2.45, 2.75) is 0 Å². The van der Waals surface area contributed by atoms with Crippen molar-refractivity contribution >= 4 is 23.0 Å². The zero-order valence-corrected chi connectivity index (χ0v) is 12.0. The monoisotopic (exact) mass is 303 g/mol. The van der Waals surface area contributed by atoms with Crippen LogP contribution in [0.2, 0.25) is 0 Å². The molecule has 1 amide bonds. The maximum atomic E-state index is 13.3. The molecule has 0 heterocycles. The first kappa shape index (κ1) is 15.4. The van der Waals surface area contributed by atoms with Crippen molar-refractivity contribution in [1.82, 2.24) is 0 Å². The van der Waals surface area contributed by atoms with E-state index in [0.29, 0.717) is 5.56 Å². The number of anilines is 2. The highest BCUT2D eigenvalue weighted by atomic mass is 19.1. The minimum Gasteiger partial charge on any atom is -0.378 e. The third kappa shape index (κ3) is 3.38. The summed E-state index contributed by atoms with van der Waals surface area (Å²) >= 11 is 0. The van der Waals surface area contributed by atoms with Gasteiger partial charge in [0.05, 0.1) is 4.92 Å². The van der Waals surface area contributed by atoms with Crippen LogP contribution in [0.5, 0.6) is 0 Å². The number of nitro benzene ring substituents is 1. The van der Waals surface area contributed by atoms with Crippen LogP contribution in [-0.2, 0) is 0 Å². The van der Waals surface area contributed by atoms with Gasteiger partial charge < -0.3 is 10.2 Å². The molecule has 0 spiro atoms. The van der Waals surface area contributed by atoms with Crippen LogP contribution in [0.4, 0.5) is 21.5 Å². The molecule has 2 rings (SSSR count). The Bertz CT molecular complexity index is 732. The third-order valence-corrected chi connectivity index (χ3v) is 3.03. The Balaban J connectivity index is 2.24. The van der Waals surface area contributed by atoms with Crippen molar-refractivity contribution in [3.05, 3.63) is 64.0 Å². The lowest BCUT2D eigenvalue weighted by Gasteiger charge is -2.13. The Morgan fingerprint density at radius 3 is 2.59 bits per heavy atom. The summed E-state index contributed by atoms with van der Waals surface area (Å²) in [4.78, 5) is 23.9. The number of benzene rings is 2. The maximum Gasteiger partial charge on any atom is 0.306 e. The first-order valence-corrected chi connectivity index (χ1v) is 6.41. The van der Waals surface area contributed by atoms with Crippen molar-refractivity contribution < 1.29 is 14.1 Å². The lowest BCUT2D eigenvalue weighted by molar-refractivity contribution is -0.387. The SMILES string of the molecule is CN(C)c1cccc(C(=O)Nc2ccc(F)c([N+](=O)[O-])c2)c1. The number of hydrogen-bond acceptors (Lipinski definition) is 4. The summed E-state index contributed by atoms with van der Waals surface area (Å²) in [7, 11) is 3.70. The van der Waals surface area contributed by atoms with E-state index >= 15 is 0 Å². The second-order valence-electron chi connectivity index (χ2n) is 4.82. The first-order valence-electron chi connectivity index (χ1n) is 6.41. The van der Waals surface area contributed by atoms with E-state index in [2.05, 4.69) is 5.32 Å². The number of carbonyl (C=O) groups is 1. The van der Waals surface area contributed by atoms with Crippen LogP contribution < -0.4 is 10.2 Å². The molecule has 2 aromatic carbocycles. The van der Waals surface area contributed by atoms with Crippen molar-refractivity contribution in [2.24, 2.45) is 0 Å². The molecular formula is C15H14FN3O3. The molecule has 0 bridgehead atoms. The normalized spacial score (nSPS) is 10.1. The highest BCUT2D eigenvalue weighted by Crippen LogP contribution is 2.22. The second kappa shape index (κ2) is 6.21. The average molecular weight is 303 g/mol. The van der Waals surface area contributed by atoms with Gasteiger partial charge in [-0.3, -0.25) is 14.9 Å². The summed E-state index contributed by atoms with van der Waals surface area (Å²) in [5.41, 5.74) is 0.726. The molecule has 0 unspecified atom stereocenters. The summed E-state index contributed by atoms with van der Waals surface area (Å²) in [6, 6.07) is 10.1. The van der Waals surface area contributed by atoms with Gasteiger partial charge in [-0.15, -0.1) is 0 Å². The zero-order chi connectivity index (χ0) is 16.3. The fourth-order valence-corrected chi connectivity index (χ4v) is 1.86. The lowest BCUT2D eigenvalue weighted by Crippen LogP contribution is -2.14. The number of hydrogen-bond donors (Lipinski definition) is 1. The molecule has 0 saturated carbocycles. The molecule has 0 aromatic heterocycles. The van der Waals surface area contributed by atoms with Crippen LogP contribution in [0.25, 0.3) is 0 Å². The molecule has 1 N–H and O–H groups in total. The van der Waals surface area contributed by atoms with Crippen molar-refractivity contribution in [3.8, 4) is 0 Å². The predicted molar refractivity (Wildman–Crippen MR) is 81.8 cm³/mol. The predicted octanol–water partition coefficient (Wildman–Crippen LogP) is 3.05. The topological polar surface area (TPSA) is 75.5 Å². The number of rotatable bonds is 4. The van der Waals surface area contributed by atoms with E-state index in [9.17, 15) is 19.3 Å². The average Bonchev–Trinajstić information content (AvgIpc) is 2.49. The van der Waals surface area contributed by atoms with Gasteiger partial charge in [-0.05, 0) is 30.3 Å². The number of carbonyl (C=O) groups excluding carboxylic acids is 1. The van der Waals surface area contributed by atoms with Gasteiger partial charge in [0.2, 0.25) is 5.82 Å². The standard InChI is InChI=1S/C15H14FN3O3/c1-18(2)12-5-3-4-10(8-12)15(20)17-11-6-7-13(16)14(9-11)19(21)22/h3-9H,1-2H3,(H,17,20). The summed E-state index contributed by atoms with van der Waals surface area (Å²) < 4.78 is 13.3.